The summed E-state index contributed by atoms with van der Waals surface area (Å²) in [5.41, 5.74) is 6.23. The van der Waals surface area contributed by atoms with Gasteiger partial charge in [-0.2, -0.15) is 0 Å². The molecular formula is C25H35N3O3. The van der Waals surface area contributed by atoms with Crippen LogP contribution in [0.25, 0.3) is 0 Å². The zero-order valence-electron chi connectivity index (χ0n) is 19.4. The summed E-state index contributed by atoms with van der Waals surface area (Å²) >= 11 is 0. The summed E-state index contributed by atoms with van der Waals surface area (Å²) in [6.07, 6.45) is 5.51. The molecule has 1 saturated carbocycles. The Labute approximate surface area is 185 Å². The largest absolute Gasteiger partial charge is 0.461 e. The highest BCUT2D eigenvalue weighted by atomic mass is 16.5. The predicted molar refractivity (Wildman–Crippen MR) is 124 cm³/mol. The van der Waals surface area contributed by atoms with Gasteiger partial charge in [-0.3, -0.25) is 0 Å². The van der Waals surface area contributed by atoms with Crippen molar-refractivity contribution in [2.24, 2.45) is 0 Å². The van der Waals surface area contributed by atoms with E-state index in [1.54, 1.807) is 6.92 Å². The first kappa shape index (κ1) is 22.9. The van der Waals surface area contributed by atoms with Crippen molar-refractivity contribution >= 4 is 17.7 Å². The summed E-state index contributed by atoms with van der Waals surface area (Å²) in [7, 11) is 0. The molecule has 2 aromatic rings. The number of hydrogen-bond acceptors (Lipinski definition) is 3. The molecule has 2 amide bonds. The Hall–Kier alpha value is -2.76. The van der Waals surface area contributed by atoms with Crippen LogP contribution >= 0.6 is 0 Å². The average Bonchev–Trinajstić information content (AvgIpc) is 3.03. The lowest BCUT2D eigenvalue weighted by molar-refractivity contribution is 0.0519. The monoisotopic (exact) mass is 425 g/mol. The molecule has 1 aliphatic carbocycles. The zero-order chi connectivity index (χ0) is 22.5. The Morgan fingerprint density at radius 2 is 1.84 bits per heavy atom. The number of carbonyl (C=O) groups excluding carboxylic acids is 2. The van der Waals surface area contributed by atoms with Crippen molar-refractivity contribution in [2.45, 2.75) is 79.3 Å². The zero-order valence-corrected chi connectivity index (χ0v) is 19.4. The van der Waals surface area contributed by atoms with Crippen molar-refractivity contribution in [3.63, 3.8) is 0 Å². The van der Waals surface area contributed by atoms with Gasteiger partial charge >= 0.3 is 12.0 Å². The summed E-state index contributed by atoms with van der Waals surface area (Å²) < 4.78 is 5.19. The highest BCUT2D eigenvalue weighted by molar-refractivity contribution is 5.91. The number of benzene rings is 1. The van der Waals surface area contributed by atoms with Gasteiger partial charge in [0.05, 0.1) is 6.61 Å². The molecule has 0 spiro atoms. The first-order chi connectivity index (χ1) is 14.8. The number of anilines is 1. The lowest BCUT2D eigenvalue weighted by atomic mass is 9.93. The van der Waals surface area contributed by atoms with E-state index in [-0.39, 0.29) is 18.0 Å². The minimum absolute atomic E-state index is 0.0849. The summed E-state index contributed by atoms with van der Waals surface area (Å²) in [6.45, 7) is 10.5. The van der Waals surface area contributed by atoms with Crippen LogP contribution in [0.4, 0.5) is 10.5 Å². The molecule has 1 fully saturated rings. The Bertz CT molecular complexity index is 942. The summed E-state index contributed by atoms with van der Waals surface area (Å²) in [5.74, 6) is -0.349. The van der Waals surface area contributed by atoms with Crippen LogP contribution in [-0.4, -0.2) is 34.5 Å². The van der Waals surface area contributed by atoms with Gasteiger partial charge in [-0.1, -0.05) is 31.4 Å². The standard InChI is InChI=1S/C25H35N3O3/c1-6-31-24(29)23-18(4)21(19(5)26-23)15-28(20-10-8-7-9-11-20)25(30)27-22-14-16(2)12-13-17(22)3/h12-14,20,26H,6-11,15H2,1-5H3,(H,27,30). The molecule has 6 nitrogen and oxygen atoms in total. The van der Waals surface area contributed by atoms with Crippen LogP contribution in [0.5, 0.6) is 0 Å². The second-order valence-corrected chi connectivity index (χ2v) is 8.62. The second kappa shape index (κ2) is 10.0. The van der Waals surface area contributed by atoms with Gasteiger partial charge in [0, 0.05) is 24.0 Å². The van der Waals surface area contributed by atoms with Crippen LogP contribution in [0.3, 0.4) is 0 Å². The van der Waals surface area contributed by atoms with Crippen LogP contribution in [0.2, 0.25) is 0 Å². The average molecular weight is 426 g/mol. The molecule has 6 heteroatoms. The number of ether oxygens (including phenoxy) is 1. The number of rotatable bonds is 6. The van der Waals surface area contributed by atoms with Crippen molar-refractivity contribution in [1.82, 2.24) is 9.88 Å². The smallest absolute Gasteiger partial charge is 0.355 e. The van der Waals surface area contributed by atoms with Gasteiger partial charge in [-0.05, 0) is 75.8 Å². The highest BCUT2D eigenvalue weighted by Crippen LogP contribution is 2.28. The lowest BCUT2D eigenvalue weighted by Crippen LogP contribution is -2.43. The van der Waals surface area contributed by atoms with Crippen LogP contribution in [0.1, 0.15) is 77.5 Å². The second-order valence-electron chi connectivity index (χ2n) is 8.62. The van der Waals surface area contributed by atoms with Gasteiger partial charge in [-0.25, -0.2) is 9.59 Å². The minimum atomic E-state index is -0.349. The fourth-order valence-corrected chi connectivity index (χ4v) is 4.42. The maximum absolute atomic E-state index is 13.5. The topological polar surface area (TPSA) is 74.4 Å². The number of esters is 1. The molecule has 31 heavy (non-hydrogen) atoms. The third kappa shape index (κ3) is 5.30. The molecule has 0 unspecified atom stereocenters. The van der Waals surface area contributed by atoms with Gasteiger partial charge in [-0.15, -0.1) is 0 Å². The fraction of sp³-hybridized carbons (Fsp3) is 0.520. The van der Waals surface area contributed by atoms with E-state index in [1.165, 1.54) is 6.42 Å². The van der Waals surface area contributed by atoms with Crippen molar-refractivity contribution in [3.05, 3.63) is 51.8 Å². The molecule has 0 aliphatic heterocycles. The molecule has 2 N–H and O–H groups in total. The number of nitrogens with one attached hydrogen (secondary N) is 2. The van der Waals surface area contributed by atoms with Crippen LogP contribution in [-0.2, 0) is 11.3 Å². The van der Waals surface area contributed by atoms with Gasteiger partial charge in [0.2, 0.25) is 0 Å². The number of aromatic amines is 1. The van der Waals surface area contributed by atoms with E-state index in [2.05, 4.69) is 10.3 Å². The maximum Gasteiger partial charge on any atom is 0.355 e. The molecule has 168 valence electrons. The Morgan fingerprint density at radius 3 is 2.52 bits per heavy atom. The number of aromatic nitrogens is 1. The van der Waals surface area contributed by atoms with E-state index < -0.39 is 0 Å². The first-order valence-electron chi connectivity index (χ1n) is 11.3. The number of nitrogens with zero attached hydrogens (tertiary/aromatic N) is 1. The molecule has 0 bridgehead atoms. The minimum Gasteiger partial charge on any atom is -0.461 e. The third-order valence-electron chi connectivity index (χ3n) is 6.31. The number of carbonyl (C=O) groups is 2. The normalized spacial score (nSPS) is 14.4. The Balaban J connectivity index is 1.89. The van der Waals surface area contributed by atoms with Gasteiger partial charge < -0.3 is 19.9 Å². The van der Waals surface area contributed by atoms with Gasteiger partial charge in [0.1, 0.15) is 5.69 Å². The molecule has 0 radical (unpaired) electrons. The lowest BCUT2D eigenvalue weighted by Gasteiger charge is -2.35. The third-order valence-corrected chi connectivity index (χ3v) is 6.31. The van der Waals surface area contributed by atoms with Crippen LogP contribution in [0.15, 0.2) is 18.2 Å². The van der Waals surface area contributed by atoms with E-state index in [9.17, 15) is 9.59 Å². The first-order valence-corrected chi connectivity index (χ1v) is 11.3. The Morgan fingerprint density at radius 1 is 1.13 bits per heavy atom. The van der Waals surface area contributed by atoms with Crippen LogP contribution in [0, 0.1) is 27.7 Å². The number of hydrogen-bond donors (Lipinski definition) is 2. The Kier molecular flexibility index (Phi) is 7.42. The molecule has 1 aromatic heterocycles. The highest BCUT2D eigenvalue weighted by Gasteiger charge is 2.28. The van der Waals surface area contributed by atoms with E-state index in [0.29, 0.717) is 18.8 Å². The molecule has 0 atom stereocenters. The van der Waals surface area contributed by atoms with E-state index in [4.69, 9.17) is 4.74 Å². The molecule has 1 aliphatic rings. The van der Waals surface area contributed by atoms with Crippen molar-refractivity contribution in [2.75, 3.05) is 11.9 Å². The maximum atomic E-state index is 13.5. The predicted octanol–water partition coefficient (Wildman–Crippen LogP) is 5.79. The van der Waals surface area contributed by atoms with Gasteiger partial charge in [0.25, 0.3) is 0 Å². The SMILES string of the molecule is CCOC(=O)c1[nH]c(C)c(CN(C(=O)Nc2cc(C)ccc2C)C2CCCCC2)c1C. The molecule has 1 aromatic carbocycles. The summed E-state index contributed by atoms with van der Waals surface area (Å²) in [6, 6.07) is 6.20. The van der Waals surface area contributed by atoms with Crippen LogP contribution < -0.4 is 5.32 Å². The molecular weight excluding hydrogens is 390 g/mol. The molecule has 1 heterocycles. The summed E-state index contributed by atoms with van der Waals surface area (Å²) in [4.78, 5) is 30.9. The number of urea groups is 1. The number of H-pyrrole nitrogens is 1. The van der Waals surface area contributed by atoms with Gasteiger partial charge in [0.15, 0.2) is 0 Å². The van der Waals surface area contributed by atoms with Crippen molar-refractivity contribution in [1.29, 1.82) is 0 Å². The van der Waals surface area contributed by atoms with E-state index >= 15 is 0 Å². The van der Waals surface area contributed by atoms with E-state index in [0.717, 1.165) is 59.3 Å². The quantitative estimate of drug-likeness (QED) is 0.575. The van der Waals surface area contributed by atoms with E-state index in [1.807, 2.05) is 50.8 Å². The number of aryl methyl sites for hydroxylation is 3. The molecule has 3 rings (SSSR count). The molecule has 0 saturated heterocycles. The number of amides is 2. The van der Waals surface area contributed by atoms with Crippen molar-refractivity contribution < 1.29 is 14.3 Å². The fourth-order valence-electron chi connectivity index (χ4n) is 4.42. The summed E-state index contributed by atoms with van der Waals surface area (Å²) in [5, 5.41) is 3.14. The van der Waals surface area contributed by atoms with Crippen molar-refractivity contribution in [3.8, 4) is 0 Å².